The summed E-state index contributed by atoms with van der Waals surface area (Å²) in [5.41, 5.74) is 7.24. The molecule has 5 rings (SSSR count). The maximum absolute atomic E-state index is 13.0. The minimum absolute atomic E-state index is 0.179. The highest BCUT2D eigenvalue weighted by molar-refractivity contribution is 6.07. The molecule has 0 saturated carbocycles. The second-order valence-corrected chi connectivity index (χ2v) is 7.33. The molecule has 5 aromatic rings. The lowest BCUT2D eigenvalue weighted by Crippen LogP contribution is -2.13. The average Bonchev–Trinajstić information content (AvgIpc) is 3.32. The summed E-state index contributed by atoms with van der Waals surface area (Å²) < 4.78 is 0. The number of nitrogens with zero attached hydrogens (tertiary/aromatic N) is 1. The van der Waals surface area contributed by atoms with Gasteiger partial charge in [0.1, 0.15) is 11.5 Å². The van der Waals surface area contributed by atoms with Gasteiger partial charge in [-0.05, 0) is 61.4 Å². The molecule has 29 heavy (non-hydrogen) atoms. The lowest BCUT2D eigenvalue weighted by molar-refractivity contribution is 0.102. The molecule has 1 amide bonds. The SMILES string of the molecule is Cc1cc(C)c2cc(C(=O)Nc3ccccc3-c3nc4ccccc4[nH]3)[nH]c2c1. The van der Waals surface area contributed by atoms with Crippen LogP contribution in [-0.4, -0.2) is 20.9 Å². The van der Waals surface area contributed by atoms with Crippen LogP contribution in [0.15, 0.2) is 66.7 Å². The van der Waals surface area contributed by atoms with Gasteiger partial charge in [-0.1, -0.05) is 30.3 Å². The predicted octanol–water partition coefficient (Wildman–Crippen LogP) is 5.58. The van der Waals surface area contributed by atoms with E-state index in [-0.39, 0.29) is 5.91 Å². The molecular formula is C24H20N4O. The van der Waals surface area contributed by atoms with E-state index in [1.165, 1.54) is 5.56 Å². The molecule has 3 aromatic carbocycles. The van der Waals surface area contributed by atoms with Gasteiger partial charge in [0.15, 0.2) is 0 Å². The first-order valence-electron chi connectivity index (χ1n) is 9.54. The van der Waals surface area contributed by atoms with E-state index in [9.17, 15) is 4.79 Å². The number of hydrogen-bond acceptors (Lipinski definition) is 2. The van der Waals surface area contributed by atoms with Crippen molar-refractivity contribution in [1.82, 2.24) is 15.0 Å². The van der Waals surface area contributed by atoms with Crippen LogP contribution >= 0.6 is 0 Å². The summed E-state index contributed by atoms with van der Waals surface area (Å²) in [4.78, 5) is 24.2. The topological polar surface area (TPSA) is 73.6 Å². The van der Waals surface area contributed by atoms with Crippen molar-refractivity contribution in [3.8, 4) is 11.4 Å². The van der Waals surface area contributed by atoms with Crippen molar-refractivity contribution in [1.29, 1.82) is 0 Å². The Morgan fingerprint density at radius 1 is 0.897 bits per heavy atom. The van der Waals surface area contributed by atoms with Gasteiger partial charge in [0.2, 0.25) is 0 Å². The quantitative estimate of drug-likeness (QED) is 0.382. The van der Waals surface area contributed by atoms with Gasteiger partial charge in [-0.25, -0.2) is 4.98 Å². The summed E-state index contributed by atoms with van der Waals surface area (Å²) in [5.74, 6) is 0.548. The van der Waals surface area contributed by atoms with Crippen molar-refractivity contribution in [2.24, 2.45) is 0 Å². The molecule has 0 saturated heterocycles. The number of aromatic nitrogens is 3. The zero-order valence-electron chi connectivity index (χ0n) is 16.2. The van der Waals surface area contributed by atoms with Crippen LogP contribution < -0.4 is 5.32 Å². The van der Waals surface area contributed by atoms with Crippen LogP contribution in [0.2, 0.25) is 0 Å². The molecule has 5 heteroatoms. The number of aryl methyl sites for hydroxylation is 2. The van der Waals surface area contributed by atoms with E-state index in [1.807, 2.05) is 54.6 Å². The Balaban J connectivity index is 1.51. The number of para-hydroxylation sites is 3. The predicted molar refractivity (Wildman–Crippen MR) is 117 cm³/mol. The molecule has 0 radical (unpaired) electrons. The standard InChI is InChI=1S/C24H20N4O/c1-14-11-15(2)17-13-22(25-21(17)12-14)24(29)28-18-8-4-3-7-16(18)23-26-19-9-5-6-10-20(19)27-23/h3-13,25H,1-2H3,(H,26,27)(H,28,29). The highest BCUT2D eigenvalue weighted by atomic mass is 16.1. The number of imidazole rings is 1. The molecule has 0 spiro atoms. The number of nitrogens with one attached hydrogen (secondary N) is 3. The number of anilines is 1. The number of rotatable bonds is 3. The van der Waals surface area contributed by atoms with E-state index in [4.69, 9.17) is 0 Å². The van der Waals surface area contributed by atoms with Crippen molar-refractivity contribution in [3.63, 3.8) is 0 Å². The zero-order valence-corrected chi connectivity index (χ0v) is 16.2. The van der Waals surface area contributed by atoms with Gasteiger partial charge in [-0.15, -0.1) is 0 Å². The summed E-state index contributed by atoms with van der Waals surface area (Å²) in [7, 11) is 0. The van der Waals surface area contributed by atoms with Crippen LogP contribution in [0.25, 0.3) is 33.3 Å². The van der Waals surface area contributed by atoms with E-state index in [0.29, 0.717) is 11.4 Å². The Hall–Kier alpha value is -3.86. The Bertz CT molecular complexity index is 1340. The summed E-state index contributed by atoms with van der Waals surface area (Å²) >= 11 is 0. The van der Waals surface area contributed by atoms with Gasteiger partial charge in [-0.3, -0.25) is 4.79 Å². The Labute approximate surface area is 167 Å². The third kappa shape index (κ3) is 3.06. The van der Waals surface area contributed by atoms with E-state index in [1.54, 1.807) is 0 Å². The van der Waals surface area contributed by atoms with Crippen LogP contribution in [0.5, 0.6) is 0 Å². The summed E-state index contributed by atoms with van der Waals surface area (Å²) in [6, 6.07) is 21.6. The summed E-state index contributed by atoms with van der Waals surface area (Å²) in [6.45, 7) is 4.11. The molecule has 0 bridgehead atoms. The molecule has 0 unspecified atom stereocenters. The summed E-state index contributed by atoms with van der Waals surface area (Å²) in [6.07, 6.45) is 0. The van der Waals surface area contributed by atoms with Crippen LogP contribution in [0.3, 0.4) is 0 Å². The molecule has 0 atom stereocenters. The van der Waals surface area contributed by atoms with Gasteiger partial charge >= 0.3 is 0 Å². The first kappa shape index (κ1) is 17.3. The van der Waals surface area contributed by atoms with Gasteiger partial charge in [-0.2, -0.15) is 0 Å². The maximum Gasteiger partial charge on any atom is 0.272 e. The smallest absolute Gasteiger partial charge is 0.272 e. The number of carbonyl (C=O) groups excluding carboxylic acids is 1. The number of H-pyrrole nitrogens is 2. The molecule has 0 fully saturated rings. The third-order valence-corrected chi connectivity index (χ3v) is 5.15. The minimum atomic E-state index is -0.179. The molecule has 2 aromatic heterocycles. The number of aromatic amines is 2. The van der Waals surface area contributed by atoms with Crippen molar-refractivity contribution < 1.29 is 4.79 Å². The average molecular weight is 380 g/mol. The highest BCUT2D eigenvalue weighted by Gasteiger charge is 2.15. The number of benzene rings is 3. The fourth-order valence-electron chi connectivity index (χ4n) is 3.79. The van der Waals surface area contributed by atoms with E-state index in [0.717, 1.165) is 38.9 Å². The highest BCUT2D eigenvalue weighted by Crippen LogP contribution is 2.28. The lowest BCUT2D eigenvalue weighted by Gasteiger charge is -2.08. The van der Waals surface area contributed by atoms with Crippen molar-refractivity contribution >= 4 is 33.5 Å². The Kier molecular flexibility index (Phi) is 3.95. The first-order chi connectivity index (χ1) is 14.1. The molecule has 142 valence electrons. The number of carbonyl (C=O) groups is 1. The van der Waals surface area contributed by atoms with Gasteiger partial charge in [0.25, 0.3) is 5.91 Å². The van der Waals surface area contributed by atoms with Crippen LogP contribution in [0, 0.1) is 13.8 Å². The summed E-state index contributed by atoms with van der Waals surface area (Å²) in [5, 5.41) is 4.10. The van der Waals surface area contributed by atoms with E-state index < -0.39 is 0 Å². The van der Waals surface area contributed by atoms with Crippen molar-refractivity contribution in [3.05, 3.63) is 83.6 Å². The number of amides is 1. The van der Waals surface area contributed by atoms with Gasteiger partial charge < -0.3 is 15.3 Å². The number of fused-ring (bicyclic) bond motifs is 2. The zero-order chi connectivity index (χ0) is 20.0. The third-order valence-electron chi connectivity index (χ3n) is 5.15. The van der Waals surface area contributed by atoms with Crippen LogP contribution in [-0.2, 0) is 0 Å². The maximum atomic E-state index is 13.0. The van der Waals surface area contributed by atoms with Crippen LogP contribution in [0.1, 0.15) is 21.6 Å². The molecule has 5 nitrogen and oxygen atoms in total. The Morgan fingerprint density at radius 3 is 2.55 bits per heavy atom. The molecular weight excluding hydrogens is 360 g/mol. The van der Waals surface area contributed by atoms with Crippen molar-refractivity contribution in [2.75, 3.05) is 5.32 Å². The fourth-order valence-corrected chi connectivity index (χ4v) is 3.79. The minimum Gasteiger partial charge on any atom is -0.351 e. The second-order valence-electron chi connectivity index (χ2n) is 7.33. The first-order valence-corrected chi connectivity index (χ1v) is 9.54. The molecule has 2 heterocycles. The molecule has 0 aliphatic heterocycles. The molecule has 0 aliphatic rings. The van der Waals surface area contributed by atoms with E-state index in [2.05, 4.69) is 46.2 Å². The Morgan fingerprint density at radius 2 is 1.69 bits per heavy atom. The second kappa shape index (κ2) is 6.63. The van der Waals surface area contributed by atoms with Crippen molar-refractivity contribution in [2.45, 2.75) is 13.8 Å². The monoisotopic (exact) mass is 380 g/mol. The number of hydrogen-bond donors (Lipinski definition) is 3. The van der Waals surface area contributed by atoms with Crippen LogP contribution in [0.4, 0.5) is 5.69 Å². The molecule has 3 N–H and O–H groups in total. The fraction of sp³-hybridized carbons (Fsp3) is 0.0833. The van der Waals surface area contributed by atoms with Gasteiger partial charge in [0, 0.05) is 16.5 Å². The van der Waals surface area contributed by atoms with E-state index >= 15 is 0 Å². The van der Waals surface area contributed by atoms with Gasteiger partial charge in [0.05, 0.1) is 16.7 Å². The largest absolute Gasteiger partial charge is 0.351 e. The molecule has 0 aliphatic carbocycles. The lowest BCUT2D eigenvalue weighted by atomic mass is 10.1. The normalized spacial score (nSPS) is 11.2.